The number of ether oxygens (including phenoxy) is 2. The molecule has 0 fully saturated rings. The molecule has 0 saturated carbocycles. The summed E-state index contributed by atoms with van der Waals surface area (Å²) in [7, 11) is 0. The number of unbranched alkanes of at least 4 members (excludes halogenated alkanes) is 12. The van der Waals surface area contributed by atoms with Crippen molar-refractivity contribution in [3.05, 3.63) is 59.7 Å². The van der Waals surface area contributed by atoms with Gasteiger partial charge in [-0.1, -0.05) is 90.9 Å². The molecule has 0 aliphatic rings. The molecule has 0 radical (unpaired) electrons. The van der Waals surface area contributed by atoms with Crippen molar-refractivity contribution >= 4 is 18.1 Å². The molecule has 0 aliphatic heterocycles. The standard InChI is InChI=1S/C33H48N2O4/c1-3-5-6-7-8-9-10-11-12-13-14-15-16-17-32(36)35-34-27-28-18-22-31(23-19-28)39-33(37)29-20-24-30(25-21-29)38-26-4-2/h18-25,27H,3-17,26H2,1-2H3,(H,35,36). The molecule has 2 aromatic rings. The Balaban J connectivity index is 1.53. The Kier molecular flexibility index (Phi) is 17.1. The van der Waals surface area contributed by atoms with Crippen LogP contribution in [0.2, 0.25) is 0 Å². The van der Waals surface area contributed by atoms with Crippen LogP contribution in [-0.4, -0.2) is 24.7 Å². The minimum absolute atomic E-state index is 0.0639. The van der Waals surface area contributed by atoms with Gasteiger partial charge in [0.25, 0.3) is 0 Å². The van der Waals surface area contributed by atoms with Gasteiger partial charge < -0.3 is 9.47 Å². The van der Waals surface area contributed by atoms with Crippen LogP contribution in [0.1, 0.15) is 126 Å². The van der Waals surface area contributed by atoms with Crippen LogP contribution in [0.3, 0.4) is 0 Å². The third-order valence-corrected chi connectivity index (χ3v) is 6.56. The zero-order valence-corrected chi connectivity index (χ0v) is 24.1. The second kappa shape index (κ2) is 20.8. The first kappa shape index (κ1) is 32.1. The Labute approximate surface area is 235 Å². The smallest absolute Gasteiger partial charge is 0.343 e. The number of hydrazone groups is 1. The van der Waals surface area contributed by atoms with Gasteiger partial charge in [-0.25, -0.2) is 10.2 Å². The summed E-state index contributed by atoms with van der Waals surface area (Å²) in [5, 5.41) is 4.05. The first-order valence-electron chi connectivity index (χ1n) is 15.0. The highest BCUT2D eigenvalue weighted by Crippen LogP contribution is 2.17. The SMILES string of the molecule is CCCCCCCCCCCCCCCC(=O)NN=Cc1ccc(OC(=O)c2ccc(OCCC)cc2)cc1. The van der Waals surface area contributed by atoms with E-state index in [1.54, 1.807) is 54.7 Å². The highest BCUT2D eigenvalue weighted by atomic mass is 16.5. The van der Waals surface area contributed by atoms with E-state index in [0.717, 1.165) is 30.6 Å². The van der Waals surface area contributed by atoms with Crippen molar-refractivity contribution in [3.63, 3.8) is 0 Å². The molecule has 0 unspecified atom stereocenters. The van der Waals surface area contributed by atoms with E-state index in [2.05, 4.69) is 17.5 Å². The number of amides is 1. The minimum atomic E-state index is -0.432. The monoisotopic (exact) mass is 536 g/mol. The van der Waals surface area contributed by atoms with E-state index in [9.17, 15) is 9.59 Å². The van der Waals surface area contributed by atoms with E-state index in [1.165, 1.54) is 70.6 Å². The number of rotatable bonds is 21. The third kappa shape index (κ3) is 15.1. The Bertz CT molecular complexity index is 955. The second-order valence-electron chi connectivity index (χ2n) is 10.1. The molecule has 2 rings (SSSR count). The molecule has 0 aliphatic carbocycles. The summed E-state index contributed by atoms with van der Waals surface area (Å²) in [5.74, 6) is 0.674. The van der Waals surface area contributed by atoms with Gasteiger partial charge in [-0.3, -0.25) is 4.79 Å². The van der Waals surface area contributed by atoms with Crippen molar-refractivity contribution in [2.24, 2.45) is 5.10 Å². The van der Waals surface area contributed by atoms with Crippen molar-refractivity contribution in [1.29, 1.82) is 0 Å². The highest BCUT2D eigenvalue weighted by molar-refractivity contribution is 5.91. The van der Waals surface area contributed by atoms with Gasteiger partial charge >= 0.3 is 5.97 Å². The first-order chi connectivity index (χ1) is 19.1. The average molecular weight is 537 g/mol. The lowest BCUT2D eigenvalue weighted by molar-refractivity contribution is -0.121. The van der Waals surface area contributed by atoms with Gasteiger partial charge in [-0.05, 0) is 66.9 Å². The first-order valence-corrected chi connectivity index (χ1v) is 15.0. The van der Waals surface area contributed by atoms with Crippen LogP contribution in [-0.2, 0) is 4.79 Å². The molecular formula is C33H48N2O4. The minimum Gasteiger partial charge on any atom is -0.494 e. The Morgan fingerprint density at radius 1 is 0.692 bits per heavy atom. The van der Waals surface area contributed by atoms with Crippen molar-refractivity contribution in [1.82, 2.24) is 5.43 Å². The number of nitrogens with zero attached hydrogens (tertiary/aromatic N) is 1. The third-order valence-electron chi connectivity index (χ3n) is 6.56. The quantitative estimate of drug-likeness (QED) is 0.0569. The van der Waals surface area contributed by atoms with E-state index in [-0.39, 0.29) is 5.91 Å². The van der Waals surface area contributed by atoms with Crippen molar-refractivity contribution in [2.75, 3.05) is 6.61 Å². The number of carbonyl (C=O) groups excluding carboxylic acids is 2. The predicted octanol–water partition coefficient (Wildman–Crippen LogP) is 8.63. The maximum absolute atomic E-state index is 12.4. The van der Waals surface area contributed by atoms with Crippen LogP contribution in [0.4, 0.5) is 0 Å². The average Bonchev–Trinajstić information content (AvgIpc) is 2.95. The van der Waals surface area contributed by atoms with Gasteiger partial charge in [-0.2, -0.15) is 5.10 Å². The molecular weight excluding hydrogens is 488 g/mol. The summed E-state index contributed by atoms with van der Waals surface area (Å²) in [4.78, 5) is 24.4. The number of benzene rings is 2. The number of esters is 1. The van der Waals surface area contributed by atoms with Crippen LogP contribution >= 0.6 is 0 Å². The number of hydrogen-bond donors (Lipinski definition) is 1. The Hall–Kier alpha value is -3.15. The van der Waals surface area contributed by atoms with E-state index < -0.39 is 5.97 Å². The lowest BCUT2D eigenvalue weighted by atomic mass is 10.0. The Morgan fingerprint density at radius 2 is 1.23 bits per heavy atom. The van der Waals surface area contributed by atoms with Crippen LogP contribution < -0.4 is 14.9 Å². The molecule has 0 atom stereocenters. The number of carbonyl (C=O) groups is 2. The number of hydrogen-bond acceptors (Lipinski definition) is 5. The van der Waals surface area contributed by atoms with Crippen molar-refractivity contribution < 1.29 is 19.1 Å². The van der Waals surface area contributed by atoms with Crippen LogP contribution in [0, 0.1) is 0 Å². The molecule has 39 heavy (non-hydrogen) atoms. The van der Waals surface area contributed by atoms with Gasteiger partial charge in [0.2, 0.25) is 5.91 Å². The molecule has 1 amide bonds. The summed E-state index contributed by atoms with van der Waals surface area (Å²) in [6.07, 6.45) is 19.7. The lowest BCUT2D eigenvalue weighted by Gasteiger charge is -2.07. The zero-order valence-electron chi connectivity index (χ0n) is 24.1. The maximum atomic E-state index is 12.4. The van der Waals surface area contributed by atoms with Crippen LogP contribution in [0.15, 0.2) is 53.6 Å². The summed E-state index contributed by atoms with van der Waals surface area (Å²) in [6.45, 7) is 4.95. The molecule has 0 bridgehead atoms. The maximum Gasteiger partial charge on any atom is 0.343 e. The van der Waals surface area contributed by atoms with Crippen LogP contribution in [0.5, 0.6) is 11.5 Å². The molecule has 6 nitrogen and oxygen atoms in total. The van der Waals surface area contributed by atoms with Crippen LogP contribution in [0.25, 0.3) is 0 Å². The van der Waals surface area contributed by atoms with E-state index in [0.29, 0.717) is 24.3 Å². The van der Waals surface area contributed by atoms with E-state index in [4.69, 9.17) is 9.47 Å². The Morgan fingerprint density at radius 3 is 1.79 bits per heavy atom. The van der Waals surface area contributed by atoms with Gasteiger partial charge in [0.05, 0.1) is 18.4 Å². The molecule has 0 spiro atoms. The predicted molar refractivity (Wildman–Crippen MR) is 160 cm³/mol. The molecule has 214 valence electrons. The molecule has 0 heterocycles. The van der Waals surface area contributed by atoms with E-state index in [1.807, 2.05) is 6.92 Å². The molecule has 2 aromatic carbocycles. The zero-order chi connectivity index (χ0) is 28.0. The highest BCUT2D eigenvalue weighted by Gasteiger charge is 2.09. The van der Waals surface area contributed by atoms with Gasteiger partial charge in [0.1, 0.15) is 11.5 Å². The molecule has 1 N–H and O–H groups in total. The molecule has 6 heteroatoms. The van der Waals surface area contributed by atoms with Gasteiger partial charge in [-0.15, -0.1) is 0 Å². The van der Waals surface area contributed by atoms with Crippen molar-refractivity contribution in [3.8, 4) is 11.5 Å². The fraction of sp³-hybridized carbons (Fsp3) is 0.545. The normalized spacial score (nSPS) is 11.0. The fourth-order valence-corrected chi connectivity index (χ4v) is 4.23. The number of nitrogens with one attached hydrogen (secondary N) is 1. The fourth-order valence-electron chi connectivity index (χ4n) is 4.23. The summed E-state index contributed by atoms with van der Waals surface area (Å²) >= 11 is 0. The topological polar surface area (TPSA) is 77.0 Å². The molecule has 0 aromatic heterocycles. The van der Waals surface area contributed by atoms with Crippen molar-refractivity contribution in [2.45, 2.75) is 110 Å². The lowest BCUT2D eigenvalue weighted by Crippen LogP contribution is -2.16. The summed E-state index contributed by atoms with van der Waals surface area (Å²) in [6, 6.07) is 13.9. The molecule has 0 saturated heterocycles. The second-order valence-corrected chi connectivity index (χ2v) is 10.1. The largest absolute Gasteiger partial charge is 0.494 e. The summed E-state index contributed by atoms with van der Waals surface area (Å²) < 4.78 is 11.0. The summed E-state index contributed by atoms with van der Waals surface area (Å²) in [5.41, 5.74) is 3.85. The van der Waals surface area contributed by atoms with E-state index >= 15 is 0 Å². The van der Waals surface area contributed by atoms with Gasteiger partial charge in [0.15, 0.2) is 0 Å². The van der Waals surface area contributed by atoms with Gasteiger partial charge in [0, 0.05) is 6.42 Å².